The zero-order chi connectivity index (χ0) is 18.6. The lowest BCUT2D eigenvalue weighted by Crippen LogP contribution is -2.37. The van der Waals surface area contributed by atoms with Crippen molar-refractivity contribution in [2.75, 3.05) is 12.5 Å². The number of rotatable bonds is 5. The summed E-state index contributed by atoms with van der Waals surface area (Å²) in [6.07, 6.45) is 0. The van der Waals surface area contributed by atoms with Crippen molar-refractivity contribution in [3.8, 4) is 0 Å². The number of anilines is 1. The van der Waals surface area contributed by atoms with Crippen LogP contribution >= 0.6 is 11.3 Å². The second-order valence-corrected chi connectivity index (χ2v) is 7.27. The second-order valence-electron chi connectivity index (χ2n) is 4.78. The Bertz CT molecular complexity index is 902. The van der Waals surface area contributed by atoms with Crippen molar-refractivity contribution in [3.05, 3.63) is 33.8 Å². The average Bonchev–Trinajstić information content (AvgIpc) is 3.01. The van der Waals surface area contributed by atoms with E-state index < -0.39 is 22.0 Å². The first-order valence-electron chi connectivity index (χ1n) is 6.83. The van der Waals surface area contributed by atoms with Gasteiger partial charge in [-0.2, -0.15) is 8.42 Å². The van der Waals surface area contributed by atoms with Crippen LogP contribution in [0.5, 0.6) is 0 Å². The Morgan fingerprint density at radius 1 is 1.32 bits per heavy atom. The van der Waals surface area contributed by atoms with Gasteiger partial charge in [-0.05, 0) is 31.4 Å². The second kappa shape index (κ2) is 7.44. The lowest BCUT2D eigenvalue weighted by molar-refractivity contribution is 0.0602. The zero-order valence-corrected chi connectivity index (χ0v) is 15.2. The van der Waals surface area contributed by atoms with E-state index >= 15 is 0 Å². The Morgan fingerprint density at radius 2 is 1.96 bits per heavy atom. The first kappa shape index (κ1) is 18.6. The van der Waals surface area contributed by atoms with Gasteiger partial charge in [-0.15, -0.1) is 15.7 Å². The number of hydrogen-bond donors (Lipinski definition) is 3. The number of nitrogens with two attached hydrogens (primary N) is 1. The molecule has 0 saturated heterocycles. The molecule has 2 rings (SSSR count). The van der Waals surface area contributed by atoms with E-state index in [-0.39, 0.29) is 15.7 Å². The Balaban J connectivity index is 2.18. The molecule has 2 heterocycles. The van der Waals surface area contributed by atoms with Gasteiger partial charge in [-0.3, -0.25) is 10.9 Å². The highest BCUT2D eigenvalue weighted by molar-refractivity contribution is 7.90. The number of aromatic nitrogens is 2. The molecule has 12 heteroatoms. The smallest absolute Gasteiger partial charge is 0.349 e. The first-order valence-corrected chi connectivity index (χ1v) is 9.15. The number of carbonyl (C=O) groups excluding carboxylic acids is 1. The summed E-state index contributed by atoms with van der Waals surface area (Å²) >= 11 is 0.930. The van der Waals surface area contributed by atoms with Crippen molar-refractivity contribution < 1.29 is 17.9 Å². The number of nitrogens with zero attached hydrogens (tertiary/aromatic N) is 3. The van der Waals surface area contributed by atoms with Crippen LogP contribution in [0.2, 0.25) is 0 Å². The molecule has 0 atom stereocenters. The number of thiophene rings is 1. The van der Waals surface area contributed by atoms with E-state index in [9.17, 15) is 13.2 Å². The largest absolute Gasteiger partial charge is 0.465 e. The molecule has 134 valence electrons. The van der Waals surface area contributed by atoms with Gasteiger partial charge in [-0.25, -0.2) is 14.8 Å². The van der Waals surface area contributed by atoms with Crippen molar-refractivity contribution in [1.82, 2.24) is 15.4 Å². The van der Waals surface area contributed by atoms with Gasteiger partial charge in [0.2, 0.25) is 11.9 Å². The summed E-state index contributed by atoms with van der Waals surface area (Å²) in [7, 11) is -3.04. The molecule has 0 radical (unpaired) electrons. The third-order valence-corrected chi connectivity index (χ3v) is 5.14. The number of aryl methyl sites for hydroxylation is 2. The molecular weight excluding hydrogens is 368 g/mol. The van der Waals surface area contributed by atoms with Crippen LogP contribution < -0.4 is 16.6 Å². The van der Waals surface area contributed by atoms with Crippen LogP contribution in [-0.2, 0) is 14.8 Å². The minimum Gasteiger partial charge on any atom is -0.465 e. The van der Waals surface area contributed by atoms with E-state index in [1.807, 2.05) is 0 Å². The zero-order valence-electron chi connectivity index (χ0n) is 13.6. The van der Waals surface area contributed by atoms with Crippen molar-refractivity contribution >= 4 is 39.2 Å². The molecule has 0 aliphatic carbocycles. The quantitative estimate of drug-likeness (QED) is 0.291. The first-order chi connectivity index (χ1) is 11.7. The van der Waals surface area contributed by atoms with Gasteiger partial charge in [0, 0.05) is 11.4 Å². The Kier molecular flexibility index (Phi) is 5.54. The molecule has 2 aromatic heterocycles. The van der Waals surface area contributed by atoms with E-state index in [0.29, 0.717) is 0 Å². The molecule has 25 heavy (non-hydrogen) atoms. The molecule has 0 aromatic carbocycles. The summed E-state index contributed by atoms with van der Waals surface area (Å²) in [5, 5.41) is 1.44. The SMILES string of the molecule is COC(=O)c1sccc1S(=O)(=O)N=C(N)NNc1nc(C)cc(C)n1. The van der Waals surface area contributed by atoms with Gasteiger partial charge >= 0.3 is 5.97 Å². The average molecular weight is 384 g/mol. The van der Waals surface area contributed by atoms with E-state index in [2.05, 4.69) is 30.0 Å². The normalized spacial score (nSPS) is 11.9. The summed E-state index contributed by atoms with van der Waals surface area (Å²) in [5.41, 5.74) is 12.0. The maximum atomic E-state index is 12.3. The minimum atomic E-state index is -4.19. The van der Waals surface area contributed by atoms with Gasteiger partial charge < -0.3 is 10.5 Å². The van der Waals surface area contributed by atoms with Gasteiger partial charge in [0.05, 0.1) is 7.11 Å². The minimum absolute atomic E-state index is 0.0790. The molecule has 0 fully saturated rings. The highest BCUT2D eigenvalue weighted by Crippen LogP contribution is 2.24. The summed E-state index contributed by atoms with van der Waals surface area (Å²) < 4.78 is 32.6. The van der Waals surface area contributed by atoms with Gasteiger partial charge in [-0.1, -0.05) is 0 Å². The van der Waals surface area contributed by atoms with Crippen LogP contribution in [0, 0.1) is 13.8 Å². The third-order valence-electron chi connectivity index (χ3n) is 2.78. The van der Waals surface area contributed by atoms with Crippen molar-refractivity contribution in [1.29, 1.82) is 0 Å². The number of ether oxygens (including phenoxy) is 1. The number of hydrazine groups is 1. The number of hydrogen-bond acceptors (Lipinski definition) is 8. The van der Waals surface area contributed by atoms with Gasteiger partial charge in [0.1, 0.15) is 9.77 Å². The van der Waals surface area contributed by atoms with Crippen molar-refractivity contribution in [2.45, 2.75) is 18.7 Å². The summed E-state index contributed by atoms with van der Waals surface area (Å²) in [6, 6.07) is 3.03. The molecule has 2 aromatic rings. The molecule has 10 nitrogen and oxygen atoms in total. The van der Waals surface area contributed by atoms with E-state index in [1.54, 1.807) is 19.9 Å². The summed E-state index contributed by atoms with van der Waals surface area (Å²) in [5.74, 6) is -0.999. The molecule has 0 bridgehead atoms. The number of methoxy groups -OCH3 is 1. The number of esters is 1. The van der Waals surface area contributed by atoms with E-state index in [4.69, 9.17) is 5.73 Å². The number of guanidine groups is 1. The van der Waals surface area contributed by atoms with Gasteiger partial charge in [0.25, 0.3) is 10.0 Å². The Morgan fingerprint density at radius 3 is 2.56 bits per heavy atom. The van der Waals surface area contributed by atoms with Crippen LogP contribution in [0.3, 0.4) is 0 Å². The fourth-order valence-electron chi connectivity index (χ4n) is 1.85. The Labute approximate surface area is 148 Å². The maximum absolute atomic E-state index is 12.3. The summed E-state index contributed by atoms with van der Waals surface area (Å²) in [6.45, 7) is 3.57. The molecule has 0 amide bonds. The van der Waals surface area contributed by atoms with Crippen LogP contribution in [0.15, 0.2) is 26.8 Å². The monoisotopic (exact) mass is 384 g/mol. The van der Waals surface area contributed by atoms with Crippen LogP contribution in [0.25, 0.3) is 0 Å². The fraction of sp³-hybridized carbons (Fsp3) is 0.231. The molecule has 0 saturated carbocycles. The van der Waals surface area contributed by atoms with E-state index in [1.165, 1.54) is 11.4 Å². The molecule has 0 spiro atoms. The lowest BCUT2D eigenvalue weighted by Gasteiger charge is -2.08. The molecule has 4 N–H and O–H groups in total. The highest BCUT2D eigenvalue weighted by atomic mass is 32.2. The van der Waals surface area contributed by atoms with Crippen molar-refractivity contribution in [2.24, 2.45) is 10.1 Å². The molecule has 0 unspecified atom stereocenters. The molecule has 0 aliphatic rings. The highest BCUT2D eigenvalue weighted by Gasteiger charge is 2.24. The van der Waals surface area contributed by atoms with Gasteiger partial charge in [0.15, 0.2) is 0 Å². The lowest BCUT2D eigenvalue weighted by atomic mass is 10.4. The van der Waals surface area contributed by atoms with Crippen molar-refractivity contribution in [3.63, 3.8) is 0 Å². The fourth-order valence-corrected chi connectivity index (χ4v) is 4.06. The topological polar surface area (TPSA) is 149 Å². The Hall–Kier alpha value is -2.73. The predicted molar refractivity (Wildman–Crippen MR) is 92.7 cm³/mol. The molecule has 0 aliphatic heterocycles. The number of sulfonamides is 1. The summed E-state index contributed by atoms with van der Waals surface area (Å²) in [4.78, 5) is 19.4. The van der Waals surface area contributed by atoms with E-state index in [0.717, 1.165) is 29.8 Å². The number of nitrogens with one attached hydrogen (secondary N) is 2. The molecular formula is C13H16N6O4S2. The maximum Gasteiger partial charge on any atom is 0.349 e. The predicted octanol–water partition coefficient (Wildman–Crippen LogP) is 0.562. The standard InChI is InChI=1S/C13H16N6O4S2/c1-7-6-8(2)16-13(15-7)18-17-12(14)19-25(21,22)9-4-5-24-10(9)11(20)23-3/h4-6H,1-3H3,(H3,14,17,19)(H,15,16,18). The van der Waals surface area contributed by atoms with Crippen LogP contribution in [0.4, 0.5) is 5.95 Å². The third kappa shape index (κ3) is 4.64. The van der Waals surface area contributed by atoms with Crippen LogP contribution in [0.1, 0.15) is 21.1 Å². The van der Waals surface area contributed by atoms with Crippen LogP contribution in [-0.4, -0.2) is 37.4 Å². The number of carbonyl (C=O) groups is 1.